The number of rotatable bonds is 4. The molecule has 0 aliphatic rings. The van der Waals surface area contributed by atoms with E-state index in [0.29, 0.717) is 0 Å². The van der Waals surface area contributed by atoms with Crippen molar-refractivity contribution < 1.29 is 0 Å². The van der Waals surface area contributed by atoms with E-state index in [-0.39, 0.29) is 0 Å². The summed E-state index contributed by atoms with van der Waals surface area (Å²) in [6.45, 7) is 3.70. The number of nitrogens with one attached hydrogen (secondary N) is 1. The summed E-state index contributed by atoms with van der Waals surface area (Å²) in [5.74, 6) is 0. The molecule has 0 atom stereocenters. The third-order valence-electron chi connectivity index (χ3n) is 2.35. The Morgan fingerprint density at radius 1 is 1.38 bits per heavy atom. The summed E-state index contributed by atoms with van der Waals surface area (Å²) in [5.41, 5.74) is 4.17. The highest BCUT2D eigenvalue weighted by Crippen LogP contribution is 2.16. The summed E-state index contributed by atoms with van der Waals surface area (Å²) in [7, 11) is 0. The molecule has 1 heterocycles. The molecule has 0 radical (unpaired) electrons. The Labute approximate surface area is 104 Å². The number of aryl methyl sites for hydroxylation is 1. The van der Waals surface area contributed by atoms with Gasteiger partial charge in [0.2, 0.25) is 0 Å². The van der Waals surface area contributed by atoms with Crippen molar-refractivity contribution in [2.24, 2.45) is 0 Å². The number of benzene rings is 1. The molecule has 16 heavy (non-hydrogen) atoms. The fourth-order valence-corrected chi connectivity index (χ4v) is 2.17. The number of thiazole rings is 1. The van der Waals surface area contributed by atoms with Gasteiger partial charge >= 0.3 is 0 Å². The lowest BCUT2D eigenvalue weighted by atomic mass is 10.1. The van der Waals surface area contributed by atoms with Crippen LogP contribution < -0.4 is 5.32 Å². The summed E-state index contributed by atoms with van der Waals surface area (Å²) in [6.07, 6.45) is 1.89. The summed E-state index contributed by atoms with van der Waals surface area (Å²) in [6, 6.07) is 6.16. The third-order valence-corrected chi connectivity index (χ3v) is 3.53. The normalized spacial score (nSPS) is 10.6. The van der Waals surface area contributed by atoms with Crippen LogP contribution in [0.3, 0.4) is 0 Å². The topological polar surface area (TPSA) is 24.9 Å². The quantitative estimate of drug-likeness (QED) is 0.902. The second kappa shape index (κ2) is 5.43. The first-order valence-corrected chi connectivity index (χ1v) is 6.34. The molecular weight excluding hydrogens is 240 g/mol. The maximum Gasteiger partial charge on any atom is 0.0794 e. The summed E-state index contributed by atoms with van der Waals surface area (Å²) >= 11 is 7.72. The Morgan fingerprint density at radius 3 is 2.94 bits per heavy atom. The lowest BCUT2D eigenvalue weighted by molar-refractivity contribution is 0.700. The van der Waals surface area contributed by atoms with E-state index in [0.717, 1.165) is 23.7 Å². The van der Waals surface area contributed by atoms with Crippen LogP contribution in [0.1, 0.15) is 16.0 Å². The Hall–Kier alpha value is -0.900. The zero-order chi connectivity index (χ0) is 11.4. The van der Waals surface area contributed by atoms with Gasteiger partial charge in [-0.2, -0.15) is 0 Å². The maximum atomic E-state index is 6.06. The minimum absolute atomic E-state index is 0.831. The van der Waals surface area contributed by atoms with Crippen LogP contribution >= 0.6 is 22.9 Å². The molecule has 2 rings (SSSR count). The molecule has 0 bridgehead atoms. The Kier molecular flexibility index (Phi) is 3.93. The first-order valence-electron chi connectivity index (χ1n) is 5.09. The summed E-state index contributed by atoms with van der Waals surface area (Å²) in [4.78, 5) is 5.28. The van der Waals surface area contributed by atoms with Crippen molar-refractivity contribution in [3.8, 4) is 0 Å². The van der Waals surface area contributed by atoms with E-state index in [1.54, 1.807) is 11.3 Å². The summed E-state index contributed by atoms with van der Waals surface area (Å²) < 4.78 is 0. The van der Waals surface area contributed by atoms with E-state index in [1.165, 1.54) is 10.4 Å². The molecule has 2 aromatic rings. The average molecular weight is 253 g/mol. The zero-order valence-corrected chi connectivity index (χ0v) is 10.6. The largest absolute Gasteiger partial charge is 0.308 e. The van der Waals surface area contributed by atoms with Crippen molar-refractivity contribution in [1.82, 2.24) is 10.3 Å². The molecule has 0 aliphatic carbocycles. The lowest BCUT2D eigenvalue weighted by Crippen LogP contribution is -2.11. The molecule has 0 amide bonds. The van der Waals surface area contributed by atoms with Crippen LogP contribution in [0.25, 0.3) is 0 Å². The highest BCUT2D eigenvalue weighted by atomic mass is 35.5. The SMILES string of the molecule is Cc1ccc(CNCc2cncs2)cc1Cl. The van der Waals surface area contributed by atoms with E-state index in [4.69, 9.17) is 11.6 Å². The van der Waals surface area contributed by atoms with Crippen LogP contribution in [0.15, 0.2) is 29.9 Å². The van der Waals surface area contributed by atoms with Gasteiger partial charge in [-0.25, -0.2) is 0 Å². The minimum atomic E-state index is 0.831. The van der Waals surface area contributed by atoms with Crippen molar-refractivity contribution in [2.75, 3.05) is 0 Å². The average Bonchev–Trinajstić information content (AvgIpc) is 2.76. The van der Waals surface area contributed by atoms with E-state index < -0.39 is 0 Å². The standard InChI is InChI=1S/C12H13ClN2S/c1-9-2-3-10(4-12(9)13)5-14-6-11-7-15-8-16-11/h2-4,7-8,14H,5-6H2,1H3. The highest BCUT2D eigenvalue weighted by molar-refractivity contribution is 7.09. The van der Waals surface area contributed by atoms with E-state index in [9.17, 15) is 0 Å². The van der Waals surface area contributed by atoms with Crippen LogP contribution in [-0.2, 0) is 13.1 Å². The molecule has 0 fully saturated rings. The molecule has 0 spiro atoms. The summed E-state index contributed by atoms with van der Waals surface area (Å²) in [5, 5.41) is 4.19. The molecule has 1 N–H and O–H groups in total. The second-order valence-corrected chi connectivity index (χ2v) is 5.03. The molecule has 0 saturated heterocycles. The van der Waals surface area contributed by atoms with Crippen molar-refractivity contribution in [3.63, 3.8) is 0 Å². The smallest absolute Gasteiger partial charge is 0.0794 e. The monoisotopic (exact) mass is 252 g/mol. The van der Waals surface area contributed by atoms with E-state index in [2.05, 4.69) is 16.4 Å². The van der Waals surface area contributed by atoms with Gasteiger partial charge in [-0.05, 0) is 24.1 Å². The van der Waals surface area contributed by atoms with Gasteiger partial charge in [0, 0.05) is 29.2 Å². The number of nitrogens with zero attached hydrogens (tertiary/aromatic N) is 1. The number of hydrogen-bond donors (Lipinski definition) is 1. The molecular formula is C12H13ClN2S. The van der Waals surface area contributed by atoms with Gasteiger partial charge in [-0.1, -0.05) is 23.7 Å². The van der Waals surface area contributed by atoms with E-state index >= 15 is 0 Å². The molecule has 0 saturated carbocycles. The van der Waals surface area contributed by atoms with Gasteiger partial charge in [-0.15, -0.1) is 11.3 Å². The van der Waals surface area contributed by atoms with Gasteiger partial charge in [-0.3, -0.25) is 4.98 Å². The van der Waals surface area contributed by atoms with Crippen LogP contribution in [0.5, 0.6) is 0 Å². The minimum Gasteiger partial charge on any atom is -0.308 e. The predicted molar refractivity (Wildman–Crippen MR) is 68.8 cm³/mol. The second-order valence-electron chi connectivity index (χ2n) is 3.65. The highest BCUT2D eigenvalue weighted by Gasteiger charge is 1.98. The van der Waals surface area contributed by atoms with Gasteiger partial charge in [0.1, 0.15) is 0 Å². The lowest BCUT2D eigenvalue weighted by Gasteiger charge is -2.05. The molecule has 4 heteroatoms. The van der Waals surface area contributed by atoms with Gasteiger partial charge < -0.3 is 5.32 Å². The Bertz CT molecular complexity index is 454. The fraction of sp³-hybridized carbons (Fsp3) is 0.250. The molecule has 1 aromatic carbocycles. The van der Waals surface area contributed by atoms with Crippen LogP contribution in [-0.4, -0.2) is 4.98 Å². The van der Waals surface area contributed by atoms with Crippen molar-refractivity contribution in [1.29, 1.82) is 0 Å². The predicted octanol–water partition coefficient (Wildman–Crippen LogP) is 3.39. The molecule has 0 unspecified atom stereocenters. The van der Waals surface area contributed by atoms with Crippen LogP contribution in [0.2, 0.25) is 5.02 Å². The van der Waals surface area contributed by atoms with Crippen LogP contribution in [0.4, 0.5) is 0 Å². The van der Waals surface area contributed by atoms with Gasteiger partial charge in [0.15, 0.2) is 0 Å². The Balaban J connectivity index is 1.87. The molecule has 0 aliphatic heterocycles. The van der Waals surface area contributed by atoms with Crippen molar-refractivity contribution >= 4 is 22.9 Å². The number of halogens is 1. The number of aromatic nitrogens is 1. The fourth-order valence-electron chi connectivity index (χ4n) is 1.41. The van der Waals surface area contributed by atoms with Gasteiger partial charge in [0.05, 0.1) is 5.51 Å². The molecule has 84 valence electrons. The van der Waals surface area contributed by atoms with Crippen LogP contribution in [0, 0.1) is 6.92 Å². The number of hydrogen-bond acceptors (Lipinski definition) is 3. The van der Waals surface area contributed by atoms with E-state index in [1.807, 2.05) is 30.8 Å². The molecule has 2 nitrogen and oxygen atoms in total. The first kappa shape index (κ1) is 11.6. The van der Waals surface area contributed by atoms with Crippen molar-refractivity contribution in [3.05, 3.63) is 50.9 Å². The zero-order valence-electron chi connectivity index (χ0n) is 9.03. The first-order chi connectivity index (χ1) is 7.75. The Morgan fingerprint density at radius 2 is 2.25 bits per heavy atom. The van der Waals surface area contributed by atoms with Crippen molar-refractivity contribution in [2.45, 2.75) is 20.0 Å². The molecule has 1 aromatic heterocycles. The van der Waals surface area contributed by atoms with Gasteiger partial charge in [0.25, 0.3) is 0 Å². The third kappa shape index (κ3) is 3.04. The maximum absolute atomic E-state index is 6.06.